The molecule has 1 amide bonds. The highest BCUT2D eigenvalue weighted by Crippen LogP contribution is 2.47. The highest BCUT2D eigenvalue weighted by molar-refractivity contribution is 7.93. The van der Waals surface area contributed by atoms with Gasteiger partial charge in [-0.2, -0.15) is 4.31 Å². The Kier molecular flexibility index (Phi) is 3.75. The lowest BCUT2D eigenvalue weighted by Crippen LogP contribution is -2.45. The summed E-state index contributed by atoms with van der Waals surface area (Å²) in [5, 5.41) is 0.983. The minimum atomic E-state index is -4.00. The van der Waals surface area contributed by atoms with Crippen LogP contribution in [0, 0.1) is 6.92 Å². The molecule has 1 aromatic heterocycles. The van der Waals surface area contributed by atoms with Gasteiger partial charge < -0.3 is 4.57 Å². The molecule has 3 aromatic rings. The van der Waals surface area contributed by atoms with Crippen molar-refractivity contribution in [3.8, 4) is 0 Å². The number of nitrogens with zero attached hydrogens (tertiary/aromatic N) is 2. The second kappa shape index (κ2) is 5.70. The van der Waals surface area contributed by atoms with Gasteiger partial charge in [0, 0.05) is 35.3 Å². The van der Waals surface area contributed by atoms with Crippen LogP contribution in [0.4, 0.5) is 5.82 Å². The first kappa shape index (κ1) is 17.8. The highest BCUT2D eigenvalue weighted by Gasteiger charge is 2.45. The summed E-state index contributed by atoms with van der Waals surface area (Å²) in [4.78, 5) is 13.1. The third-order valence-corrected chi connectivity index (χ3v) is 7.05. The average molecular weight is 382 g/mol. The summed E-state index contributed by atoms with van der Waals surface area (Å²) in [7, 11) is -2.19. The van der Waals surface area contributed by atoms with Gasteiger partial charge in [-0.3, -0.25) is 4.79 Å². The summed E-state index contributed by atoms with van der Waals surface area (Å²) in [6.07, 6.45) is 0.138. The molecular formula is C21H22N2O3S. The molecule has 2 aromatic carbocycles. The van der Waals surface area contributed by atoms with Crippen molar-refractivity contribution < 1.29 is 13.2 Å². The predicted molar refractivity (Wildman–Crippen MR) is 106 cm³/mol. The van der Waals surface area contributed by atoms with Crippen LogP contribution >= 0.6 is 0 Å². The Labute approximate surface area is 159 Å². The number of amides is 1. The smallest absolute Gasteiger partial charge is 0.272 e. The van der Waals surface area contributed by atoms with Crippen LogP contribution in [0.3, 0.4) is 0 Å². The van der Waals surface area contributed by atoms with Gasteiger partial charge in [-0.15, -0.1) is 0 Å². The van der Waals surface area contributed by atoms with Gasteiger partial charge in [0.25, 0.3) is 10.0 Å². The van der Waals surface area contributed by atoms with Crippen molar-refractivity contribution >= 4 is 32.7 Å². The Balaban J connectivity index is 2.04. The number of sulfonamides is 1. The van der Waals surface area contributed by atoms with Crippen LogP contribution in [-0.2, 0) is 27.3 Å². The molecule has 0 aliphatic carbocycles. The minimum absolute atomic E-state index is 0.123. The number of hydrogen-bond acceptors (Lipinski definition) is 3. The fourth-order valence-electron chi connectivity index (χ4n) is 4.00. The number of carbonyl (C=O) groups excluding carboxylic acids is 1. The van der Waals surface area contributed by atoms with Crippen molar-refractivity contribution in [2.24, 2.45) is 7.05 Å². The number of hydrogen-bond donors (Lipinski definition) is 0. The fourth-order valence-corrected chi connectivity index (χ4v) is 5.47. The Morgan fingerprint density at radius 2 is 1.63 bits per heavy atom. The summed E-state index contributed by atoms with van der Waals surface area (Å²) in [5.74, 6) is 0.0389. The van der Waals surface area contributed by atoms with Gasteiger partial charge in [-0.1, -0.05) is 49.7 Å². The van der Waals surface area contributed by atoms with E-state index in [1.54, 1.807) is 24.3 Å². The third-order valence-electron chi connectivity index (χ3n) is 5.32. The normalized spacial score (nSPS) is 16.6. The number of carbonyl (C=O) groups is 1. The van der Waals surface area contributed by atoms with E-state index in [-0.39, 0.29) is 11.3 Å². The maximum absolute atomic E-state index is 13.4. The van der Waals surface area contributed by atoms with E-state index in [1.807, 2.05) is 56.7 Å². The number of aryl methyl sites for hydroxylation is 2. The van der Waals surface area contributed by atoms with Crippen molar-refractivity contribution in [1.82, 2.24) is 4.57 Å². The van der Waals surface area contributed by atoms with Gasteiger partial charge in [-0.25, -0.2) is 8.42 Å². The lowest BCUT2D eigenvalue weighted by Gasteiger charge is -2.36. The first-order chi connectivity index (χ1) is 12.6. The molecule has 0 radical (unpaired) electrons. The number of fused-ring (bicyclic) bond motifs is 3. The van der Waals surface area contributed by atoms with E-state index < -0.39 is 21.3 Å². The molecule has 0 saturated carbocycles. The summed E-state index contributed by atoms with van der Waals surface area (Å²) in [6.45, 7) is 5.88. The molecule has 0 fully saturated rings. The van der Waals surface area contributed by atoms with Gasteiger partial charge in [0.05, 0.1) is 4.90 Å². The van der Waals surface area contributed by atoms with Crippen molar-refractivity contribution in [2.75, 3.05) is 4.31 Å². The van der Waals surface area contributed by atoms with E-state index in [2.05, 4.69) is 0 Å². The van der Waals surface area contributed by atoms with Crippen LogP contribution in [-0.4, -0.2) is 18.9 Å². The molecule has 4 rings (SSSR count). The number of benzene rings is 2. The number of anilines is 1. The zero-order valence-electron chi connectivity index (χ0n) is 15.9. The molecule has 0 unspecified atom stereocenters. The Bertz CT molecular complexity index is 1170. The predicted octanol–water partition coefficient (Wildman–Crippen LogP) is 3.89. The number of rotatable bonds is 2. The fraction of sp³-hybridized carbons (Fsp3) is 0.286. The average Bonchev–Trinajstić information content (AvgIpc) is 2.89. The zero-order valence-corrected chi connectivity index (χ0v) is 16.7. The summed E-state index contributed by atoms with van der Waals surface area (Å²) in [5.41, 5.74) is 2.32. The van der Waals surface area contributed by atoms with Gasteiger partial charge in [0.2, 0.25) is 5.91 Å². The second-order valence-electron chi connectivity index (χ2n) is 7.81. The quantitative estimate of drug-likeness (QED) is 0.676. The van der Waals surface area contributed by atoms with Crippen molar-refractivity contribution in [1.29, 1.82) is 0 Å². The molecule has 27 heavy (non-hydrogen) atoms. The maximum Gasteiger partial charge on any atom is 0.272 e. The molecule has 2 heterocycles. The Morgan fingerprint density at radius 3 is 2.30 bits per heavy atom. The topological polar surface area (TPSA) is 59.4 Å². The molecule has 0 bridgehead atoms. The van der Waals surface area contributed by atoms with Crippen molar-refractivity contribution in [3.63, 3.8) is 0 Å². The Morgan fingerprint density at radius 1 is 1.00 bits per heavy atom. The van der Waals surface area contributed by atoms with Gasteiger partial charge in [0.1, 0.15) is 5.82 Å². The number of para-hydroxylation sites is 1. The van der Waals surface area contributed by atoms with Crippen LogP contribution in [0.25, 0.3) is 10.9 Å². The van der Waals surface area contributed by atoms with E-state index in [0.29, 0.717) is 5.82 Å². The van der Waals surface area contributed by atoms with Crippen LogP contribution in [0.15, 0.2) is 53.4 Å². The van der Waals surface area contributed by atoms with E-state index in [4.69, 9.17) is 0 Å². The molecule has 1 aliphatic heterocycles. The van der Waals surface area contributed by atoms with E-state index in [0.717, 1.165) is 26.3 Å². The molecule has 0 spiro atoms. The monoisotopic (exact) mass is 382 g/mol. The van der Waals surface area contributed by atoms with Crippen LogP contribution in [0.2, 0.25) is 0 Å². The SMILES string of the molecule is Cc1ccc(S(=O)(=O)N2C(=O)CC(C)(C)c3c2n(C)c2ccccc32)cc1. The third kappa shape index (κ3) is 2.51. The van der Waals surface area contributed by atoms with Gasteiger partial charge in [0.15, 0.2) is 0 Å². The van der Waals surface area contributed by atoms with Gasteiger partial charge in [-0.05, 0) is 25.1 Å². The molecule has 0 atom stereocenters. The molecule has 5 nitrogen and oxygen atoms in total. The maximum atomic E-state index is 13.4. The summed E-state index contributed by atoms with van der Waals surface area (Å²) >= 11 is 0. The van der Waals surface area contributed by atoms with Crippen LogP contribution in [0.5, 0.6) is 0 Å². The molecule has 6 heteroatoms. The van der Waals surface area contributed by atoms with Gasteiger partial charge >= 0.3 is 0 Å². The zero-order chi connectivity index (χ0) is 19.6. The summed E-state index contributed by atoms with van der Waals surface area (Å²) in [6, 6.07) is 14.4. The lowest BCUT2D eigenvalue weighted by atomic mass is 9.78. The standard InChI is InChI=1S/C21H22N2O3S/c1-14-9-11-15(12-10-14)27(25,26)23-18(24)13-21(2,3)19-16-7-5-6-8-17(16)22(4)20(19)23/h5-12H,13H2,1-4H3. The first-order valence-corrected chi connectivity index (χ1v) is 10.3. The highest BCUT2D eigenvalue weighted by atomic mass is 32.2. The number of aromatic nitrogens is 1. The van der Waals surface area contributed by atoms with Crippen molar-refractivity contribution in [3.05, 3.63) is 59.7 Å². The first-order valence-electron chi connectivity index (χ1n) is 8.87. The van der Waals surface area contributed by atoms with Crippen LogP contribution in [0.1, 0.15) is 31.4 Å². The minimum Gasteiger partial charge on any atom is -0.329 e. The van der Waals surface area contributed by atoms with Crippen LogP contribution < -0.4 is 4.31 Å². The molecule has 140 valence electrons. The molecular weight excluding hydrogens is 360 g/mol. The molecule has 0 saturated heterocycles. The lowest BCUT2D eigenvalue weighted by molar-refractivity contribution is -0.118. The summed E-state index contributed by atoms with van der Waals surface area (Å²) < 4.78 is 29.6. The molecule has 0 N–H and O–H groups in total. The van der Waals surface area contributed by atoms with Crippen molar-refractivity contribution in [2.45, 2.75) is 37.5 Å². The molecule has 1 aliphatic rings. The van der Waals surface area contributed by atoms with E-state index in [1.165, 1.54) is 0 Å². The Hall–Kier alpha value is -2.60. The largest absolute Gasteiger partial charge is 0.329 e. The second-order valence-corrected chi connectivity index (χ2v) is 9.60. The van der Waals surface area contributed by atoms with E-state index >= 15 is 0 Å². The van der Waals surface area contributed by atoms with E-state index in [9.17, 15) is 13.2 Å².